The maximum Gasteiger partial charge on any atom is 0.162 e. The Morgan fingerprint density at radius 3 is 2.20 bits per heavy atom. The van der Waals surface area contributed by atoms with E-state index in [0.717, 1.165) is 64.8 Å². The van der Waals surface area contributed by atoms with Crippen LogP contribution in [-0.4, -0.2) is 25.8 Å². The molecule has 0 atom stereocenters. The number of carbonyl (C=O) groups excluding carboxylic acids is 1. The maximum absolute atomic E-state index is 11.7. The Kier molecular flexibility index (Phi) is 14.9. The summed E-state index contributed by atoms with van der Waals surface area (Å²) in [6.07, 6.45) is 9.49. The van der Waals surface area contributed by atoms with E-state index >= 15 is 0 Å². The van der Waals surface area contributed by atoms with Gasteiger partial charge < -0.3 is 5.11 Å². The van der Waals surface area contributed by atoms with E-state index in [1.165, 1.54) is 28.0 Å². The molecule has 5 aromatic rings. The molecule has 1 N–H and O–H groups in total. The van der Waals surface area contributed by atoms with Crippen LogP contribution in [0.2, 0.25) is 0 Å². The molecule has 5 rings (SSSR count). The molecule has 0 aliphatic carbocycles. The number of aromatic nitrogens is 3. The Labute approximate surface area is 311 Å². The second kappa shape index (κ2) is 18.1. The number of aliphatic hydroxyl groups excluding tert-OH is 1. The first-order chi connectivity index (χ1) is 22.9. The smallest absolute Gasteiger partial charge is 0.162 e. The van der Waals surface area contributed by atoms with Gasteiger partial charge in [-0.15, -0.1) is 40.5 Å². The summed E-state index contributed by atoms with van der Waals surface area (Å²) in [4.78, 5) is 26.7. The summed E-state index contributed by atoms with van der Waals surface area (Å²) in [5.41, 5.74) is 6.60. The molecule has 0 saturated carbocycles. The van der Waals surface area contributed by atoms with Crippen molar-refractivity contribution in [2.24, 2.45) is 17.8 Å². The van der Waals surface area contributed by atoms with Gasteiger partial charge in [-0.2, -0.15) is 0 Å². The summed E-state index contributed by atoms with van der Waals surface area (Å²) < 4.78 is 0. The number of hydrogen-bond donors (Lipinski definition) is 1. The first-order valence-corrected chi connectivity index (χ1v) is 18.4. The number of carbonyl (C=O) groups is 1. The predicted molar refractivity (Wildman–Crippen MR) is 204 cm³/mol. The monoisotopic (exact) mass is 855 g/mol. The van der Waals surface area contributed by atoms with Crippen molar-refractivity contribution in [3.8, 4) is 22.5 Å². The van der Waals surface area contributed by atoms with Crippen LogP contribution in [-0.2, 0) is 36.7 Å². The molecule has 2 aromatic carbocycles. The molecule has 263 valence electrons. The number of nitrogens with zero attached hydrogens (tertiary/aromatic N) is 3. The summed E-state index contributed by atoms with van der Waals surface area (Å²) in [6.45, 7) is 19.3. The molecule has 0 saturated heterocycles. The number of fused-ring (bicyclic) bond motifs is 2. The minimum Gasteiger partial charge on any atom is -0.512 e. The summed E-state index contributed by atoms with van der Waals surface area (Å²) in [5, 5.41) is 15.6. The second-order valence-corrected chi connectivity index (χ2v) is 14.9. The van der Waals surface area contributed by atoms with E-state index in [9.17, 15) is 9.90 Å². The van der Waals surface area contributed by atoms with Crippen LogP contribution in [0.25, 0.3) is 43.5 Å². The van der Waals surface area contributed by atoms with Gasteiger partial charge in [-0.3, -0.25) is 9.78 Å². The third-order valence-corrected chi connectivity index (χ3v) is 10.00. The minimum absolute atomic E-state index is 0. The third-order valence-electron chi connectivity index (χ3n) is 9.06. The average molecular weight is 855 g/mol. The van der Waals surface area contributed by atoms with Crippen molar-refractivity contribution in [3.05, 3.63) is 89.4 Å². The molecule has 1 radical (unpaired) electrons. The molecule has 0 unspecified atom stereocenters. The summed E-state index contributed by atoms with van der Waals surface area (Å²) in [6, 6.07) is 18.5. The fraction of sp³-hybridized carbons (Fsp3) is 0.429. The molecule has 0 aliphatic heterocycles. The van der Waals surface area contributed by atoms with Gasteiger partial charge in [-0.1, -0.05) is 91.5 Å². The largest absolute Gasteiger partial charge is 0.512 e. The Morgan fingerprint density at radius 2 is 1.57 bits per heavy atom. The average Bonchev–Trinajstić information content (AvgIpc) is 3.47. The zero-order valence-corrected chi connectivity index (χ0v) is 33.8. The zero-order chi connectivity index (χ0) is 35.0. The van der Waals surface area contributed by atoms with Gasteiger partial charge in [0.15, 0.2) is 5.78 Å². The Hall–Kier alpha value is -3.25. The van der Waals surface area contributed by atoms with E-state index in [4.69, 9.17) is 0 Å². The molecule has 3 heterocycles. The topological polar surface area (TPSA) is 76.0 Å². The molecule has 49 heavy (non-hydrogen) atoms. The molecule has 5 nitrogen and oxygen atoms in total. The van der Waals surface area contributed by atoms with Crippen LogP contribution in [0.1, 0.15) is 99.1 Å². The Bertz CT molecular complexity index is 1860. The van der Waals surface area contributed by atoms with Crippen molar-refractivity contribution < 1.29 is 30.0 Å². The van der Waals surface area contributed by atoms with Crippen LogP contribution in [0, 0.1) is 23.8 Å². The van der Waals surface area contributed by atoms with E-state index in [0.29, 0.717) is 5.92 Å². The number of ketones is 1. The van der Waals surface area contributed by atoms with E-state index in [-0.39, 0.29) is 48.9 Å². The van der Waals surface area contributed by atoms with Crippen molar-refractivity contribution >= 4 is 38.1 Å². The van der Waals surface area contributed by atoms with Crippen molar-refractivity contribution in [1.82, 2.24) is 15.0 Å². The Morgan fingerprint density at radius 1 is 0.918 bits per heavy atom. The number of allylic oxidation sites excluding steroid dienone is 2. The minimum atomic E-state index is 0. The van der Waals surface area contributed by atoms with Gasteiger partial charge in [0, 0.05) is 60.9 Å². The third kappa shape index (κ3) is 9.93. The zero-order valence-electron chi connectivity index (χ0n) is 30.6. The van der Waals surface area contributed by atoms with Crippen LogP contribution >= 0.6 is 11.3 Å². The maximum atomic E-state index is 11.7. The van der Waals surface area contributed by atoms with Crippen LogP contribution in [0.15, 0.2) is 72.2 Å². The summed E-state index contributed by atoms with van der Waals surface area (Å²) in [5.74, 6) is 1.13. The molecule has 0 amide bonds. The number of thiophene rings is 1. The van der Waals surface area contributed by atoms with Crippen molar-refractivity contribution in [3.63, 3.8) is 0 Å². The van der Waals surface area contributed by atoms with Crippen molar-refractivity contribution in [2.75, 3.05) is 0 Å². The standard InChI is InChI=1S/C29H28N3S.C13H24O2.Ir/c1-18(2)12-21-16-33-28-27(21)23(10-11-30-28)26-15-25(31-17-32-26)20-13-19-8-6-7-9-22(19)24(14-20)29(3,4)5;1-5-10(6-2)12(14)9-13(15)11(7-3)8-4;/h6-11,14-18H,12H2,1-5H3;9-11,14H,5-8H2,1-4H3;/q-1;;/b;12-9-;. The van der Waals surface area contributed by atoms with Gasteiger partial charge in [0.05, 0.1) is 11.5 Å². The predicted octanol–water partition coefficient (Wildman–Crippen LogP) is 11.7. The fourth-order valence-corrected chi connectivity index (χ4v) is 7.20. The second-order valence-electron chi connectivity index (χ2n) is 14.1. The van der Waals surface area contributed by atoms with Crippen molar-refractivity contribution in [1.29, 1.82) is 0 Å². The molecular formula is C42H52IrN3O2S-. The Balaban J connectivity index is 0.000000347. The quantitative estimate of drug-likeness (QED) is 0.0814. The summed E-state index contributed by atoms with van der Waals surface area (Å²) in [7, 11) is 0. The first-order valence-electron chi connectivity index (χ1n) is 17.5. The van der Waals surface area contributed by atoms with Gasteiger partial charge in [0.2, 0.25) is 0 Å². The molecule has 0 bridgehead atoms. The van der Waals surface area contributed by atoms with Gasteiger partial charge in [-0.25, -0.2) is 9.97 Å². The van der Waals surface area contributed by atoms with E-state index in [1.54, 1.807) is 17.7 Å². The van der Waals surface area contributed by atoms with Gasteiger partial charge in [-0.05, 0) is 66.5 Å². The molecule has 0 spiro atoms. The normalized spacial score (nSPS) is 12.0. The van der Waals surface area contributed by atoms with Gasteiger partial charge in [0.1, 0.15) is 11.2 Å². The van der Waals surface area contributed by atoms with Crippen LogP contribution in [0.5, 0.6) is 0 Å². The van der Waals surface area contributed by atoms with E-state index in [1.807, 2.05) is 33.9 Å². The van der Waals surface area contributed by atoms with Crippen LogP contribution < -0.4 is 0 Å². The SMILES string of the molecule is CC(C)Cc1csc2nccc(-c3cc(-c4[c-]c5ccccc5c(C(C)(C)C)c4)ncn3)c12.CCC(CC)C(=O)/C=C(\O)C(CC)CC.[Ir]. The molecule has 0 fully saturated rings. The first kappa shape index (κ1) is 40.2. The fourth-order valence-electron chi connectivity index (χ4n) is 6.25. The molecule has 3 aromatic heterocycles. The molecule has 7 heteroatoms. The number of rotatable bonds is 11. The van der Waals surface area contributed by atoms with Gasteiger partial charge >= 0.3 is 0 Å². The number of benzene rings is 2. The molecule has 0 aliphatic rings. The molecular weight excluding hydrogens is 803 g/mol. The van der Waals surface area contributed by atoms with Crippen LogP contribution in [0.4, 0.5) is 0 Å². The van der Waals surface area contributed by atoms with Crippen LogP contribution in [0.3, 0.4) is 0 Å². The number of hydrogen-bond acceptors (Lipinski definition) is 6. The van der Waals surface area contributed by atoms with Crippen molar-refractivity contribution in [2.45, 2.75) is 99.8 Å². The number of aliphatic hydroxyl groups is 1. The van der Waals surface area contributed by atoms with Gasteiger partial charge in [0.25, 0.3) is 0 Å². The van der Waals surface area contributed by atoms with E-state index in [2.05, 4.69) is 103 Å². The van der Waals surface area contributed by atoms with E-state index < -0.39 is 0 Å². The summed E-state index contributed by atoms with van der Waals surface area (Å²) >= 11 is 1.71. The number of pyridine rings is 1.